The Labute approximate surface area is 151 Å². The summed E-state index contributed by atoms with van der Waals surface area (Å²) >= 11 is 1.89. The van der Waals surface area contributed by atoms with E-state index in [1.807, 2.05) is 11.8 Å². The third-order valence-electron chi connectivity index (χ3n) is 3.99. The Hall–Kier alpha value is 0.310. The van der Waals surface area contributed by atoms with Crippen LogP contribution in [-0.2, 0) is 4.74 Å². The van der Waals surface area contributed by atoms with Gasteiger partial charge in [-0.3, -0.25) is 4.99 Å². The number of thioether (sulfide) groups is 1. The summed E-state index contributed by atoms with van der Waals surface area (Å²) in [6.07, 6.45) is 8.41. The number of halogens is 1. The minimum Gasteiger partial charge on any atom is -0.385 e. The summed E-state index contributed by atoms with van der Waals surface area (Å²) in [4.78, 5) is 4.79. The summed E-state index contributed by atoms with van der Waals surface area (Å²) in [6, 6.07) is 0. The Morgan fingerprint density at radius 2 is 2.10 bits per heavy atom. The van der Waals surface area contributed by atoms with Crippen LogP contribution in [0.1, 0.15) is 39.0 Å². The van der Waals surface area contributed by atoms with E-state index in [-0.39, 0.29) is 24.0 Å². The SMILES string of the molecule is CCNC(=NCC1(CCOC)CCC1)NCCCSC.I. The van der Waals surface area contributed by atoms with E-state index in [1.54, 1.807) is 7.11 Å². The molecule has 126 valence electrons. The van der Waals surface area contributed by atoms with E-state index in [9.17, 15) is 0 Å². The molecular formula is C15H32IN3OS. The number of rotatable bonds is 10. The van der Waals surface area contributed by atoms with Crippen molar-refractivity contribution in [2.45, 2.75) is 39.0 Å². The number of nitrogens with zero attached hydrogens (tertiary/aromatic N) is 1. The number of methoxy groups -OCH3 is 1. The maximum absolute atomic E-state index is 5.24. The zero-order chi connectivity index (χ0) is 14.7. The van der Waals surface area contributed by atoms with Gasteiger partial charge in [-0.15, -0.1) is 24.0 Å². The fourth-order valence-corrected chi connectivity index (χ4v) is 2.93. The number of ether oxygens (including phenoxy) is 1. The predicted molar refractivity (Wildman–Crippen MR) is 105 cm³/mol. The fourth-order valence-electron chi connectivity index (χ4n) is 2.49. The van der Waals surface area contributed by atoms with Gasteiger partial charge in [-0.1, -0.05) is 6.42 Å². The molecular weight excluding hydrogens is 397 g/mol. The van der Waals surface area contributed by atoms with Crippen LogP contribution >= 0.6 is 35.7 Å². The van der Waals surface area contributed by atoms with Gasteiger partial charge in [0, 0.05) is 33.4 Å². The Bertz CT molecular complexity index is 286. The van der Waals surface area contributed by atoms with Gasteiger partial charge in [0.05, 0.1) is 0 Å². The second-order valence-electron chi connectivity index (χ2n) is 5.56. The maximum atomic E-state index is 5.24. The van der Waals surface area contributed by atoms with E-state index in [4.69, 9.17) is 9.73 Å². The van der Waals surface area contributed by atoms with E-state index in [2.05, 4.69) is 23.8 Å². The van der Waals surface area contributed by atoms with Crippen molar-refractivity contribution in [3.63, 3.8) is 0 Å². The summed E-state index contributed by atoms with van der Waals surface area (Å²) in [5, 5.41) is 6.76. The van der Waals surface area contributed by atoms with Gasteiger partial charge < -0.3 is 15.4 Å². The molecule has 4 nitrogen and oxygen atoms in total. The lowest BCUT2D eigenvalue weighted by Crippen LogP contribution is -2.40. The van der Waals surface area contributed by atoms with E-state index < -0.39 is 0 Å². The topological polar surface area (TPSA) is 45.7 Å². The highest BCUT2D eigenvalue weighted by atomic mass is 127. The van der Waals surface area contributed by atoms with Crippen molar-refractivity contribution in [3.8, 4) is 0 Å². The molecule has 21 heavy (non-hydrogen) atoms. The van der Waals surface area contributed by atoms with Gasteiger partial charge in [-0.05, 0) is 50.0 Å². The first-order valence-electron chi connectivity index (χ1n) is 7.76. The monoisotopic (exact) mass is 429 g/mol. The molecule has 6 heteroatoms. The first kappa shape index (κ1) is 21.3. The lowest BCUT2D eigenvalue weighted by Gasteiger charge is -2.40. The van der Waals surface area contributed by atoms with Gasteiger partial charge in [0.15, 0.2) is 5.96 Å². The number of hydrogen-bond acceptors (Lipinski definition) is 3. The predicted octanol–water partition coefficient (Wildman–Crippen LogP) is 3.12. The molecule has 0 saturated heterocycles. The first-order valence-corrected chi connectivity index (χ1v) is 9.16. The van der Waals surface area contributed by atoms with Crippen LogP contribution < -0.4 is 10.6 Å². The molecule has 0 unspecified atom stereocenters. The molecule has 0 aromatic heterocycles. The quantitative estimate of drug-likeness (QED) is 0.243. The highest BCUT2D eigenvalue weighted by molar-refractivity contribution is 14.0. The van der Waals surface area contributed by atoms with Crippen molar-refractivity contribution in [2.75, 3.05) is 45.4 Å². The van der Waals surface area contributed by atoms with Crippen molar-refractivity contribution in [2.24, 2.45) is 10.4 Å². The second kappa shape index (κ2) is 12.8. The van der Waals surface area contributed by atoms with Gasteiger partial charge >= 0.3 is 0 Å². The molecule has 0 heterocycles. The highest BCUT2D eigenvalue weighted by Gasteiger charge is 2.36. The van der Waals surface area contributed by atoms with Crippen LogP contribution in [0.2, 0.25) is 0 Å². The first-order chi connectivity index (χ1) is 9.76. The molecule has 1 rings (SSSR count). The van der Waals surface area contributed by atoms with Crippen molar-refractivity contribution in [3.05, 3.63) is 0 Å². The Balaban J connectivity index is 0.00000400. The molecule has 0 radical (unpaired) electrons. The average Bonchev–Trinajstić information content (AvgIpc) is 2.41. The highest BCUT2D eigenvalue weighted by Crippen LogP contribution is 2.44. The van der Waals surface area contributed by atoms with Crippen LogP contribution in [0.15, 0.2) is 4.99 Å². The number of hydrogen-bond donors (Lipinski definition) is 2. The number of guanidine groups is 1. The van der Waals surface area contributed by atoms with Crippen molar-refractivity contribution < 1.29 is 4.74 Å². The van der Waals surface area contributed by atoms with Crippen molar-refractivity contribution in [1.29, 1.82) is 0 Å². The van der Waals surface area contributed by atoms with Gasteiger partial charge in [0.1, 0.15) is 0 Å². The molecule has 2 N–H and O–H groups in total. The molecule has 0 aromatic rings. The van der Waals surface area contributed by atoms with Gasteiger partial charge in [-0.2, -0.15) is 11.8 Å². The summed E-state index contributed by atoms with van der Waals surface area (Å²) in [5.74, 6) is 2.17. The molecule has 0 amide bonds. The molecule has 0 aromatic carbocycles. The largest absolute Gasteiger partial charge is 0.385 e. The summed E-state index contributed by atoms with van der Waals surface area (Å²) in [5.41, 5.74) is 0.400. The minimum atomic E-state index is 0. The third kappa shape index (κ3) is 8.50. The average molecular weight is 429 g/mol. The van der Waals surface area contributed by atoms with Crippen LogP contribution in [0.25, 0.3) is 0 Å². The number of aliphatic imine (C=N–C) groups is 1. The normalized spacial score (nSPS) is 16.8. The van der Waals surface area contributed by atoms with Crippen molar-refractivity contribution in [1.82, 2.24) is 10.6 Å². The van der Waals surface area contributed by atoms with E-state index in [0.29, 0.717) is 5.41 Å². The zero-order valence-electron chi connectivity index (χ0n) is 13.7. The fraction of sp³-hybridized carbons (Fsp3) is 0.933. The van der Waals surface area contributed by atoms with E-state index in [1.165, 1.54) is 31.4 Å². The summed E-state index contributed by atoms with van der Waals surface area (Å²) in [7, 11) is 1.78. The molecule has 1 fully saturated rings. The maximum Gasteiger partial charge on any atom is 0.191 e. The van der Waals surface area contributed by atoms with Gasteiger partial charge in [0.25, 0.3) is 0 Å². The molecule has 0 bridgehead atoms. The van der Waals surface area contributed by atoms with Gasteiger partial charge in [0.2, 0.25) is 0 Å². The Morgan fingerprint density at radius 3 is 2.62 bits per heavy atom. The summed E-state index contributed by atoms with van der Waals surface area (Å²) in [6.45, 7) is 5.81. The zero-order valence-corrected chi connectivity index (χ0v) is 16.9. The number of nitrogens with one attached hydrogen (secondary N) is 2. The van der Waals surface area contributed by atoms with Crippen LogP contribution in [0, 0.1) is 5.41 Å². The Kier molecular flexibility index (Phi) is 13.0. The molecule has 1 aliphatic carbocycles. The lowest BCUT2D eigenvalue weighted by atomic mass is 9.67. The van der Waals surface area contributed by atoms with Gasteiger partial charge in [-0.25, -0.2) is 0 Å². The van der Waals surface area contributed by atoms with E-state index in [0.717, 1.165) is 38.6 Å². The van der Waals surface area contributed by atoms with Crippen molar-refractivity contribution >= 4 is 41.7 Å². The molecule has 1 aliphatic rings. The lowest BCUT2D eigenvalue weighted by molar-refractivity contribution is 0.0778. The standard InChI is InChI=1S/C15H31N3OS.HI/c1-4-16-14(17-10-6-12-20-3)18-13-15(7-5-8-15)9-11-19-2;/h4-13H2,1-3H3,(H2,16,17,18);1H. The van der Waals surface area contributed by atoms with Crippen LogP contribution in [0.5, 0.6) is 0 Å². The molecule has 0 spiro atoms. The summed E-state index contributed by atoms with van der Waals surface area (Å²) < 4.78 is 5.24. The third-order valence-corrected chi connectivity index (χ3v) is 4.68. The Morgan fingerprint density at radius 1 is 1.33 bits per heavy atom. The van der Waals surface area contributed by atoms with Crippen LogP contribution in [0.3, 0.4) is 0 Å². The minimum absolute atomic E-state index is 0. The van der Waals surface area contributed by atoms with E-state index >= 15 is 0 Å². The molecule has 0 atom stereocenters. The smallest absolute Gasteiger partial charge is 0.191 e. The second-order valence-corrected chi connectivity index (χ2v) is 6.55. The van der Waals surface area contributed by atoms with Crippen LogP contribution in [0.4, 0.5) is 0 Å². The molecule has 1 saturated carbocycles. The molecule has 0 aliphatic heterocycles. The van der Waals surface area contributed by atoms with Crippen LogP contribution in [-0.4, -0.2) is 51.3 Å².